The van der Waals surface area contributed by atoms with Crippen molar-refractivity contribution in [3.63, 3.8) is 0 Å². The van der Waals surface area contributed by atoms with Crippen molar-refractivity contribution in [1.82, 2.24) is 9.97 Å². The van der Waals surface area contributed by atoms with Gasteiger partial charge in [-0.25, -0.2) is 0 Å². The zero-order chi connectivity index (χ0) is 17.8. The van der Waals surface area contributed by atoms with Crippen molar-refractivity contribution in [2.75, 3.05) is 4.90 Å². The SMILES string of the molecule is CC(=O)N(c1cccnc1)c1cc(O)cc(C(O)c2cccnc2)c1. The second kappa shape index (κ2) is 7.11. The summed E-state index contributed by atoms with van der Waals surface area (Å²) >= 11 is 0. The first-order valence-corrected chi connectivity index (χ1v) is 7.69. The molecule has 2 N–H and O–H groups in total. The minimum atomic E-state index is -0.970. The number of anilines is 2. The Kier molecular flexibility index (Phi) is 4.72. The van der Waals surface area contributed by atoms with Gasteiger partial charge in [0.05, 0.1) is 17.6 Å². The Morgan fingerprint density at radius 3 is 2.32 bits per heavy atom. The molecular formula is C19H17N3O3. The van der Waals surface area contributed by atoms with E-state index in [1.54, 1.807) is 55.1 Å². The molecule has 3 rings (SSSR count). The summed E-state index contributed by atoms with van der Waals surface area (Å²) < 4.78 is 0. The zero-order valence-electron chi connectivity index (χ0n) is 13.6. The number of hydrogen-bond donors (Lipinski definition) is 2. The van der Waals surface area contributed by atoms with Crippen LogP contribution in [0.2, 0.25) is 0 Å². The molecule has 2 aromatic heterocycles. The Balaban J connectivity index is 2.05. The summed E-state index contributed by atoms with van der Waals surface area (Å²) in [6.45, 7) is 1.42. The molecular weight excluding hydrogens is 318 g/mol. The quantitative estimate of drug-likeness (QED) is 0.765. The smallest absolute Gasteiger partial charge is 0.228 e. The van der Waals surface area contributed by atoms with Crippen molar-refractivity contribution in [1.29, 1.82) is 0 Å². The molecule has 1 unspecified atom stereocenters. The number of phenols is 1. The molecule has 0 saturated heterocycles. The number of phenolic OH excluding ortho intramolecular Hbond substituents is 1. The van der Waals surface area contributed by atoms with Gasteiger partial charge in [0.25, 0.3) is 0 Å². The van der Waals surface area contributed by atoms with Gasteiger partial charge in [0, 0.05) is 37.1 Å². The van der Waals surface area contributed by atoms with Crippen LogP contribution < -0.4 is 4.90 Å². The Bertz CT molecular complexity index is 870. The maximum atomic E-state index is 12.2. The molecule has 3 aromatic rings. The highest BCUT2D eigenvalue weighted by molar-refractivity contribution is 5.99. The zero-order valence-corrected chi connectivity index (χ0v) is 13.6. The van der Waals surface area contributed by atoms with Crippen molar-refractivity contribution < 1.29 is 15.0 Å². The fourth-order valence-electron chi connectivity index (χ4n) is 2.63. The van der Waals surface area contributed by atoms with Crippen LogP contribution in [-0.2, 0) is 4.79 Å². The van der Waals surface area contributed by atoms with Gasteiger partial charge < -0.3 is 10.2 Å². The normalized spacial score (nSPS) is 11.8. The summed E-state index contributed by atoms with van der Waals surface area (Å²) in [6, 6.07) is 11.5. The van der Waals surface area contributed by atoms with Crippen LogP contribution in [0, 0.1) is 0 Å². The highest BCUT2D eigenvalue weighted by atomic mass is 16.3. The Labute approximate surface area is 145 Å². The van der Waals surface area contributed by atoms with Gasteiger partial charge in [0.1, 0.15) is 11.9 Å². The van der Waals surface area contributed by atoms with Crippen LogP contribution in [0.25, 0.3) is 0 Å². The third kappa shape index (κ3) is 3.64. The number of benzene rings is 1. The highest BCUT2D eigenvalue weighted by Gasteiger charge is 2.19. The lowest BCUT2D eigenvalue weighted by Gasteiger charge is -2.23. The summed E-state index contributed by atoms with van der Waals surface area (Å²) in [5, 5.41) is 20.7. The van der Waals surface area contributed by atoms with Crippen LogP contribution in [0.15, 0.2) is 67.3 Å². The predicted octanol–water partition coefficient (Wildman–Crippen LogP) is 2.95. The van der Waals surface area contributed by atoms with E-state index in [0.29, 0.717) is 22.5 Å². The Morgan fingerprint density at radius 2 is 1.72 bits per heavy atom. The largest absolute Gasteiger partial charge is 0.508 e. The van der Waals surface area contributed by atoms with E-state index in [1.807, 2.05) is 0 Å². The van der Waals surface area contributed by atoms with E-state index < -0.39 is 6.10 Å². The molecule has 0 fully saturated rings. The molecule has 1 amide bonds. The molecule has 0 radical (unpaired) electrons. The fourth-order valence-corrected chi connectivity index (χ4v) is 2.63. The Morgan fingerprint density at radius 1 is 1.00 bits per heavy atom. The van der Waals surface area contributed by atoms with Crippen LogP contribution >= 0.6 is 0 Å². The molecule has 1 atom stereocenters. The van der Waals surface area contributed by atoms with E-state index in [2.05, 4.69) is 9.97 Å². The van der Waals surface area contributed by atoms with Gasteiger partial charge in [-0.3, -0.25) is 19.7 Å². The third-order valence-electron chi connectivity index (χ3n) is 3.72. The summed E-state index contributed by atoms with van der Waals surface area (Å²) in [5.74, 6) is -0.286. The number of pyridine rings is 2. The Hall–Kier alpha value is -3.25. The number of amides is 1. The highest BCUT2D eigenvalue weighted by Crippen LogP contribution is 2.33. The molecule has 6 heteroatoms. The molecule has 0 aliphatic rings. The number of nitrogens with zero attached hydrogens (tertiary/aromatic N) is 3. The molecule has 0 bridgehead atoms. The predicted molar refractivity (Wildman–Crippen MR) is 93.5 cm³/mol. The van der Waals surface area contributed by atoms with E-state index in [1.165, 1.54) is 24.0 Å². The first-order valence-electron chi connectivity index (χ1n) is 7.69. The van der Waals surface area contributed by atoms with Crippen LogP contribution in [0.4, 0.5) is 11.4 Å². The summed E-state index contributed by atoms with van der Waals surface area (Å²) in [6.07, 6.45) is 5.37. The monoisotopic (exact) mass is 335 g/mol. The van der Waals surface area contributed by atoms with Crippen molar-refractivity contribution in [3.05, 3.63) is 78.4 Å². The average molecular weight is 335 g/mol. The maximum Gasteiger partial charge on any atom is 0.228 e. The number of rotatable bonds is 4. The number of aromatic nitrogens is 2. The molecule has 0 aliphatic carbocycles. The molecule has 6 nitrogen and oxygen atoms in total. The average Bonchev–Trinajstić information content (AvgIpc) is 2.62. The van der Waals surface area contributed by atoms with Gasteiger partial charge in [0.15, 0.2) is 0 Å². The van der Waals surface area contributed by atoms with Gasteiger partial charge in [-0.1, -0.05) is 6.07 Å². The number of aliphatic hydroxyl groups excluding tert-OH is 1. The first-order chi connectivity index (χ1) is 12.1. The molecule has 25 heavy (non-hydrogen) atoms. The van der Waals surface area contributed by atoms with E-state index in [9.17, 15) is 15.0 Å². The van der Waals surface area contributed by atoms with Gasteiger partial charge >= 0.3 is 0 Å². The molecule has 2 heterocycles. The van der Waals surface area contributed by atoms with Crippen LogP contribution in [0.1, 0.15) is 24.2 Å². The molecule has 1 aromatic carbocycles. The van der Waals surface area contributed by atoms with Crippen molar-refractivity contribution >= 4 is 17.3 Å². The second-order valence-electron chi connectivity index (χ2n) is 5.54. The number of carbonyl (C=O) groups excluding carboxylic acids is 1. The van der Waals surface area contributed by atoms with Gasteiger partial charge in [-0.15, -0.1) is 0 Å². The van der Waals surface area contributed by atoms with E-state index in [4.69, 9.17) is 0 Å². The number of hydrogen-bond acceptors (Lipinski definition) is 5. The van der Waals surface area contributed by atoms with E-state index in [0.717, 1.165) is 0 Å². The van der Waals surface area contributed by atoms with Crippen LogP contribution in [-0.4, -0.2) is 26.1 Å². The maximum absolute atomic E-state index is 12.2. The minimum Gasteiger partial charge on any atom is -0.508 e. The van der Waals surface area contributed by atoms with Crippen molar-refractivity contribution in [2.24, 2.45) is 0 Å². The molecule has 126 valence electrons. The van der Waals surface area contributed by atoms with Gasteiger partial charge in [-0.2, -0.15) is 0 Å². The summed E-state index contributed by atoms with van der Waals surface area (Å²) in [4.78, 5) is 21.6. The minimum absolute atomic E-state index is 0.0504. The topological polar surface area (TPSA) is 86.6 Å². The third-order valence-corrected chi connectivity index (χ3v) is 3.72. The summed E-state index contributed by atoms with van der Waals surface area (Å²) in [5.41, 5.74) is 2.06. The molecule has 0 saturated carbocycles. The second-order valence-corrected chi connectivity index (χ2v) is 5.54. The summed E-state index contributed by atoms with van der Waals surface area (Å²) in [7, 11) is 0. The molecule has 0 spiro atoms. The van der Waals surface area contributed by atoms with Crippen molar-refractivity contribution in [2.45, 2.75) is 13.0 Å². The molecule has 0 aliphatic heterocycles. The number of aromatic hydroxyl groups is 1. The van der Waals surface area contributed by atoms with Gasteiger partial charge in [0.2, 0.25) is 5.91 Å². The lowest BCUT2D eigenvalue weighted by atomic mass is 10.0. The van der Waals surface area contributed by atoms with E-state index >= 15 is 0 Å². The first kappa shape index (κ1) is 16.6. The van der Waals surface area contributed by atoms with E-state index in [-0.39, 0.29) is 11.7 Å². The number of carbonyl (C=O) groups is 1. The fraction of sp³-hybridized carbons (Fsp3) is 0.105. The van der Waals surface area contributed by atoms with Crippen LogP contribution in [0.3, 0.4) is 0 Å². The van der Waals surface area contributed by atoms with Crippen molar-refractivity contribution in [3.8, 4) is 5.75 Å². The van der Waals surface area contributed by atoms with Gasteiger partial charge in [-0.05, 0) is 35.9 Å². The van der Waals surface area contributed by atoms with Crippen LogP contribution in [0.5, 0.6) is 5.75 Å². The lowest BCUT2D eigenvalue weighted by molar-refractivity contribution is -0.115. The standard InChI is InChI=1S/C19H17N3O3/c1-13(23)22(16-5-3-7-21-12-16)17-8-15(9-18(24)10-17)19(25)14-4-2-6-20-11-14/h2-12,19,24-25H,1H3. The lowest BCUT2D eigenvalue weighted by Crippen LogP contribution is -2.23. The number of aliphatic hydroxyl groups is 1.